The summed E-state index contributed by atoms with van der Waals surface area (Å²) in [5, 5.41) is 3.51. The highest BCUT2D eigenvalue weighted by atomic mass is 19.1. The number of hydrogen-bond acceptors (Lipinski definition) is 4. The van der Waals surface area contributed by atoms with Crippen molar-refractivity contribution in [3.63, 3.8) is 0 Å². The van der Waals surface area contributed by atoms with Gasteiger partial charge in [-0.25, -0.2) is 9.38 Å². The monoisotopic (exact) mass is 498 g/mol. The predicted octanol–water partition coefficient (Wildman–Crippen LogP) is 6.31. The molecule has 1 aliphatic carbocycles. The van der Waals surface area contributed by atoms with Crippen LogP contribution in [0.25, 0.3) is 0 Å². The normalized spacial score (nSPS) is 20.3. The number of ether oxygens (including phenoxy) is 1. The zero-order valence-electron chi connectivity index (χ0n) is 23.0. The largest absolute Gasteiger partial charge is 0.494 e. The van der Waals surface area contributed by atoms with E-state index >= 15 is 0 Å². The van der Waals surface area contributed by atoms with Gasteiger partial charge in [0.15, 0.2) is 11.6 Å². The minimum atomic E-state index is -0.323. The molecule has 1 N–H and O–H groups in total. The molecule has 0 radical (unpaired) electrons. The summed E-state index contributed by atoms with van der Waals surface area (Å²) in [6.07, 6.45) is 12.9. The Bertz CT molecular complexity index is 904. The van der Waals surface area contributed by atoms with E-state index < -0.39 is 0 Å². The van der Waals surface area contributed by atoms with Crippen molar-refractivity contribution in [1.82, 2.24) is 15.1 Å². The van der Waals surface area contributed by atoms with Crippen molar-refractivity contribution in [2.75, 3.05) is 33.3 Å². The van der Waals surface area contributed by atoms with Gasteiger partial charge in [-0.15, -0.1) is 0 Å². The van der Waals surface area contributed by atoms with Crippen molar-refractivity contribution < 1.29 is 9.13 Å². The smallest absolute Gasteiger partial charge is 0.165 e. The van der Waals surface area contributed by atoms with Gasteiger partial charge in [0.1, 0.15) is 11.7 Å². The Morgan fingerprint density at radius 3 is 2.58 bits per heavy atom. The van der Waals surface area contributed by atoms with Crippen LogP contribution < -0.4 is 10.1 Å². The molecule has 0 bridgehead atoms. The number of hydrogen-bond donors (Lipinski definition) is 1. The Kier molecular flexibility index (Phi) is 11.3. The second-order valence-electron chi connectivity index (χ2n) is 10.3. The van der Waals surface area contributed by atoms with E-state index in [0.717, 1.165) is 42.4 Å². The fourth-order valence-electron chi connectivity index (χ4n) is 5.73. The van der Waals surface area contributed by atoms with Crippen LogP contribution in [0.15, 0.2) is 47.2 Å². The van der Waals surface area contributed by atoms with E-state index in [4.69, 9.17) is 9.73 Å². The van der Waals surface area contributed by atoms with Crippen LogP contribution in [0.5, 0.6) is 5.75 Å². The maximum Gasteiger partial charge on any atom is 0.165 e. The average molecular weight is 499 g/mol. The summed E-state index contributed by atoms with van der Waals surface area (Å²) in [4.78, 5) is 10.0. The van der Waals surface area contributed by atoms with Crippen molar-refractivity contribution in [3.8, 4) is 5.75 Å². The molecular weight excluding hydrogens is 451 g/mol. The highest BCUT2D eigenvalue weighted by Crippen LogP contribution is 2.24. The number of nitrogens with one attached hydrogen (secondary N) is 1. The van der Waals surface area contributed by atoms with Gasteiger partial charge in [-0.1, -0.05) is 50.8 Å². The minimum absolute atomic E-state index is 0.277. The molecule has 0 aromatic heterocycles. The molecule has 2 aliphatic rings. The molecule has 1 atom stereocenters. The van der Waals surface area contributed by atoms with E-state index in [9.17, 15) is 4.39 Å². The van der Waals surface area contributed by atoms with Crippen molar-refractivity contribution in [2.45, 2.75) is 90.6 Å². The van der Waals surface area contributed by atoms with Crippen molar-refractivity contribution in [1.29, 1.82) is 0 Å². The zero-order valence-corrected chi connectivity index (χ0v) is 23.0. The van der Waals surface area contributed by atoms with Gasteiger partial charge in [0.05, 0.1) is 7.11 Å². The molecule has 1 unspecified atom stereocenters. The number of rotatable bonds is 11. The quantitative estimate of drug-likeness (QED) is 0.220. The van der Waals surface area contributed by atoms with Crippen LogP contribution in [0.2, 0.25) is 0 Å². The molecule has 1 saturated heterocycles. The van der Waals surface area contributed by atoms with Crippen LogP contribution in [-0.2, 0) is 6.42 Å². The maximum absolute atomic E-state index is 14.3. The molecule has 3 rings (SSSR count). The minimum Gasteiger partial charge on any atom is -0.494 e. The molecule has 200 valence electrons. The number of halogens is 1. The van der Waals surface area contributed by atoms with Crippen LogP contribution >= 0.6 is 0 Å². The molecule has 1 aromatic rings. The van der Waals surface area contributed by atoms with Crippen molar-refractivity contribution in [3.05, 3.63) is 53.6 Å². The van der Waals surface area contributed by atoms with E-state index in [1.54, 1.807) is 12.1 Å². The van der Waals surface area contributed by atoms with E-state index in [1.165, 1.54) is 65.0 Å². The average Bonchev–Trinajstić information content (AvgIpc) is 3.16. The molecule has 0 amide bonds. The summed E-state index contributed by atoms with van der Waals surface area (Å²) >= 11 is 0. The third-order valence-corrected chi connectivity index (χ3v) is 7.67. The highest BCUT2D eigenvalue weighted by Gasteiger charge is 2.24. The molecule has 1 saturated carbocycles. The summed E-state index contributed by atoms with van der Waals surface area (Å²) in [6, 6.07) is 6.25. The molecule has 5 nitrogen and oxygen atoms in total. The fraction of sp³-hybridized carbons (Fsp3) is 0.633. The lowest BCUT2D eigenvalue weighted by atomic mass is 10.0. The Hall–Kier alpha value is -2.34. The van der Waals surface area contributed by atoms with Crippen molar-refractivity contribution >= 4 is 5.84 Å². The maximum atomic E-state index is 14.3. The standard InChI is InChI=1S/C30H47FN4O/c1-6-34-18-12-15-27(34)22-32-24(4)33-30(35(7-2)26-13-10-8-9-11-14-26)20-23(3)19-25-16-17-29(36-5)28(31)21-25/h16-17,20-21,26-27,32H,4,6-15,18-19,22H2,1-3,5H3/b23-20+,33-30+. The van der Waals surface area contributed by atoms with Crippen LogP contribution in [0.3, 0.4) is 0 Å². The lowest BCUT2D eigenvalue weighted by Gasteiger charge is -2.32. The Balaban J connectivity index is 1.79. The summed E-state index contributed by atoms with van der Waals surface area (Å²) < 4.78 is 19.3. The van der Waals surface area contributed by atoms with Gasteiger partial charge in [-0.2, -0.15) is 0 Å². The zero-order chi connectivity index (χ0) is 25.9. The number of allylic oxidation sites excluding steroid dienone is 1. The van der Waals surface area contributed by atoms with Gasteiger partial charge in [0, 0.05) is 25.2 Å². The number of methoxy groups -OCH3 is 1. The number of nitrogens with zero attached hydrogens (tertiary/aromatic N) is 3. The van der Waals surface area contributed by atoms with Gasteiger partial charge in [-0.05, 0) is 82.8 Å². The van der Waals surface area contributed by atoms with E-state index in [2.05, 4.69) is 48.5 Å². The van der Waals surface area contributed by atoms with E-state index in [1.807, 2.05) is 6.07 Å². The molecule has 36 heavy (non-hydrogen) atoms. The first kappa shape index (κ1) is 28.2. The van der Waals surface area contributed by atoms with Crippen LogP contribution in [0, 0.1) is 5.82 Å². The SMILES string of the molecule is C=C(/N=C(\C=C(/C)Cc1ccc(OC)c(F)c1)N(CC)C1CCCCCC1)NCC1CCCN1CC. The van der Waals surface area contributed by atoms with Crippen LogP contribution in [0.4, 0.5) is 4.39 Å². The molecule has 0 spiro atoms. The molecule has 2 fully saturated rings. The summed E-state index contributed by atoms with van der Waals surface area (Å²) in [6.45, 7) is 14.9. The Morgan fingerprint density at radius 1 is 1.19 bits per heavy atom. The van der Waals surface area contributed by atoms with Gasteiger partial charge in [-0.3, -0.25) is 4.90 Å². The number of aliphatic imine (C=N–C) groups is 1. The molecule has 1 aliphatic heterocycles. The lowest BCUT2D eigenvalue weighted by Crippen LogP contribution is -2.40. The number of benzene rings is 1. The molecular formula is C30H47FN4O. The molecule has 6 heteroatoms. The fourth-order valence-corrected chi connectivity index (χ4v) is 5.73. The predicted molar refractivity (Wildman–Crippen MR) is 149 cm³/mol. The van der Waals surface area contributed by atoms with Crippen molar-refractivity contribution in [2.24, 2.45) is 4.99 Å². The topological polar surface area (TPSA) is 40.1 Å². The number of likely N-dealkylation sites (tertiary alicyclic amines) is 1. The molecule has 1 aromatic carbocycles. The van der Waals surface area contributed by atoms with Crippen LogP contribution in [-0.4, -0.2) is 61.0 Å². The number of likely N-dealkylation sites (N-methyl/N-ethyl adjacent to an activating group) is 2. The first-order valence-electron chi connectivity index (χ1n) is 14.0. The summed E-state index contributed by atoms with van der Waals surface area (Å²) in [5.41, 5.74) is 2.07. The van der Waals surface area contributed by atoms with E-state index in [0.29, 0.717) is 18.5 Å². The number of amidine groups is 1. The summed E-state index contributed by atoms with van der Waals surface area (Å²) in [7, 11) is 1.49. The second kappa shape index (κ2) is 14.4. The first-order valence-corrected chi connectivity index (χ1v) is 14.0. The third kappa shape index (κ3) is 8.09. The Labute approximate surface area is 218 Å². The summed E-state index contributed by atoms with van der Waals surface area (Å²) in [5.74, 6) is 1.64. The Morgan fingerprint density at radius 2 is 1.94 bits per heavy atom. The van der Waals surface area contributed by atoms with Gasteiger partial charge < -0.3 is 15.0 Å². The molecule has 1 heterocycles. The second-order valence-corrected chi connectivity index (χ2v) is 10.3. The van der Waals surface area contributed by atoms with Gasteiger partial charge >= 0.3 is 0 Å². The van der Waals surface area contributed by atoms with Gasteiger partial charge in [0.2, 0.25) is 0 Å². The highest BCUT2D eigenvalue weighted by molar-refractivity contribution is 5.94. The lowest BCUT2D eigenvalue weighted by molar-refractivity contribution is 0.264. The first-order chi connectivity index (χ1) is 17.4. The van der Waals surface area contributed by atoms with E-state index in [-0.39, 0.29) is 11.6 Å². The van der Waals surface area contributed by atoms with Gasteiger partial charge in [0.25, 0.3) is 0 Å². The third-order valence-electron chi connectivity index (χ3n) is 7.67. The van der Waals surface area contributed by atoms with Crippen LogP contribution in [0.1, 0.15) is 77.7 Å².